The van der Waals surface area contributed by atoms with E-state index in [1.807, 2.05) is 26.8 Å². The molecule has 5 nitrogen and oxygen atoms in total. The Hall–Kier alpha value is -2.47. The van der Waals surface area contributed by atoms with Gasteiger partial charge in [-0.25, -0.2) is 4.39 Å². The molecule has 1 saturated heterocycles. The highest BCUT2D eigenvalue weighted by molar-refractivity contribution is 6.03. The Balaban J connectivity index is 1.47. The first-order valence-corrected chi connectivity index (χ1v) is 10.7. The van der Waals surface area contributed by atoms with Crippen LogP contribution in [0, 0.1) is 18.2 Å². The molecule has 4 rings (SSSR count). The van der Waals surface area contributed by atoms with Crippen LogP contribution in [0.3, 0.4) is 0 Å². The molecule has 0 radical (unpaired) electrons. The summed E-state index contributed by atoms with van der Waals surface area (Å²) in [6.07, 6.45) is 1.95. The molecule has 0 unspecified atom stereocenters. The summed E-state index contributed by atoms with van der Waals surface area (Å²) in [7, 11) is 0. The van der Waals surface area contributed by atoms with Crippen LogP contribution >= 0.6 is 0 Å². The van der Waals surface area contributed by atoms with Crippen LogP contribution in [-0.4, -0.2) is 47.7 Å². The van der Waals surface area contributed by atoms with E-state index in [0.29, 0.717) is 67.2 Å². The van der Waals surface area contributed by atoms with Gasteiger partial charge >= 0.3 is 0 Å². The van der Waals surface area contributed by atoms with Crippen molar-refractivity contribution < 1.29 is 18.4 Å². The molecule has 2 heterocycles. The van der Waals surface area contributed by atoms with Gasteiger partial charge in [-0.2, -0.15) is 0 Å². The number of furan rings is 1. The van der Waals surface area contributed by atoms with Crippen LogP contribution in [0.15, 0.2) is 28.7 Å². The lowest BCUT2D eigenvalue weighted by molar-refractivity contribution is 0.0722. The molecule has 0 bridgehead atoms. The van der Waals surface area contributed by atoms with Crippen LogP contribution in [0.2, 0.25) is 0 Å². The Morgan fingerprint density at radius 3 is 2.67 bits per heavy atom. The standard InChI is InChI=1S/C24H29FN2O3/c1-16-21-19(28)13-24(2,3)14-20(21)30-22(16)23(29)27-10-6-9-26(11-12-27)15-17-7-4-5-8-18(17)25/h4-5,7-8H,6,9-15H2,1-3H3. The molecule has 2 aliphatic rings. The third-order valence-corrected chi connectivity index (χ3v) is 6.20. The van der Waals surface area contributed by atoms with Crippen molar-refractivity contribution in [2.24, 2.45) is 5.41 Å². The fourth-order valence-electron chi connectivity index (χ4n) is 4.63. The molecule has 1 aromatic carbocycles. The molecule has 1 aliphatic carbocycles. The van der Waals surface area contributed by atoms with E-state index in [1.165, 1.54) is 6.07 Å². The molecular formula is C24H29FN2O3. The largest absolute Gasteiger partial charge is 0.455 e. The highest BCUT2D eigenvalue weighted by Gasteiger charge is 2.38. The van der Waals surface area contributed by atoms with Crippen LogP contribution in [0.5, 0.6) is 0 Å². The molecule has 1 aliphatic heterocycles. The SMILES string of the molecule is Cc1c(C(=O)N2CCCN(Cc3ccccc3F)CC2)oc2c1C(=O)CC(C)(C)C2. The van der Waals surface area contributed by atoms with E-state index >= 15 is 0 Å². The summed E-state index contributed by atoms with van der Waals surface area (Å²) in [5.41, 5.74) is 1.80. The average Bonchev–Trinajstić information content (AvgIpc) is 2.85. The van der Waals surface area contributed by atoms with Gasteiger partial charge in [0.1, 0.15) is 11.6 Å². The van der Waals surface area contributed by atoms with Gasteiger partial charge in [0.2, 0.25) is 0 Å². The minimum absolute atomic E-state index is 0.0634. The predicted molar refractivity (Wildman–Crippen MR) is 112 cm³/mol. The Morgan fingerprint density at radius 2 is 1.90 bits per heavy atom. The molecule has 0 spiro atoms. The smallest absolute Gasteiger partial charge is 0.289 e. The number of fused-ring (bicyclic) bond motifs is 1. The lowest BCUT2D eigenvalue weighted by atomic mass is 9.76. The van der Waals surface area contributed by atoms with Gasteiger partial charge in [0.15, 0.2) is 11.5 Å². The zero-order valence-corrected chi connectivity index (χ0v) is 18.0. The number of carbonyl (C=O) groups is 2. The maximum absolute atomic E-state index is 14.0. The highest BCUT2D eigenvalue weighted by Crippen LogP contribution is 2.38. The minimum atomic E-state index is -0.195. The van der Waals surface area contributed by atoms with Crippen LogP contribution < -0.4 is 0 Å². The second-order valence-corrected chi connectivity index (χ2v) is 9.31. The van der Waals surface area contributed by atoms with E-state index < -0.39 is 0 Å². The van der Waals surface area contributed by atoms with Crippen molar-refractivity contribution in [3.8, 4) is 0 Å². The zero-order chi connectivity index (χ0) is 21.5. The average molecular weight is 413 g/mol. The minimum Gasteiger partial charge on any atom is -0.455 e. The maximum atomic E-state index is 14.0. The molecule has 2 aromatic rings. The van der Waals surface area contributed by atoms with Gasteiger partial charge in [-0.3, -0.25) is 14.5 Å². The summed E-state index contributed by atoms with van der Waals surface area (Å²) in [5, 5.41) is 0. The van der Waals surface area contributed by atoms with Crippen molar-refractivity contribution >= 4 is 11.7 Å². The van der Waals surface area contributed by atoms with Crippen molar-refractivity contribution in [3.63, 3.8) is 0 Å². The van der Waals surface area contributed by atoms with Crippen molar-refractivity contribution in [3.05, 3.63) is 58.3 Å². The first-order valence-electron chi connectivity index (χ1n) is 10.7. The second kappa shape index (κ2) is 7.99. The number of nitrogens with zero attached hydrogens (tertiary/aromatic N) is 2. The Morgan fingerprint density at radius 1 is 1.13 bits per heavy atom. The van der Waals surface area contributed by atoms with E-state index in [9.17, 15) is 14.0 Å². The predicted octanol–water partition coefficient (Wildman–Crippen LogP) is 4.23. The molecule has 6 heteroatoms. The fraction of sp³-hybridized carbons (Fsp3) is 0.500. The lowest BCUT2D eigenvalue weighted by Gasteiger charge is -2.27. The van der Waals surface area contributed by atoms with E-state index in [-0.39, 0.29) is 22.9 Å². The van der Waals surface area contributed by atoms with Gasteiger partial charge in [-0.1, -0.05) is 32.0 Å². The van der Waals surface area contributed by atoms with E-state index in [4.69, 9.17) is 4.42 Å². The quantitative estimate of drug-likeness (QED) is 0.757. The topological polar surface area (TPSA) is 53.8 Å². The van der Waals surface area contributed by atoms with E-state index in [0.717, 1.165) is 13.0 Å². The Labute approximate surface area is 176 Å². The van der Waals surface area contributed by atoms with Crippen molar-refractivity contribution in [1.29, 1.82) is 0 Å². The number of hydrogen-bond donors (Lipinski definition) is 0. The molecule has 30 heavy (non-hydrogen) atoms. The van der Waals surface area contributed by atoms with Crippen molar-refractivity contribution in [2.45, 2.75) is 46.6 Å². The van der Waals surface area contributed by atoms with Gasteiger partial charge in [0, 0.05) is 56.7 Å². The van der Waals surface area contributed by atoms with Gasteiger partial charge in [0.25, 0.3) is 5.91 Å². The Bertz CT molecular complexity index is 979. The molecule has 1 amide bonds. The normalized spacial score (nSPS) is 19.5. The van der Waals surface area contributed by atoms with Crippen LogP contribution in [0.25, 0.3) is 0 Å². The van der Waals surface area contributed by atoms with Gasteiger partial charge in [-0.15, -0.1) is 0 Å². The molecule has 0 saturated carbocycles. The van der Waals surface area contributed by atoms with Crippen LogP contribution in [-0.2, 0) is 13.0 Å². The number of ketones is 1. The monoisotopic (exact) mass is 412 g/mol. The third kappa shape index (κ3) is 4.06. The summed E-state index contributed by atoms with van der Waals surface area (Å²) in [5.74, 6) is 0.662. The summed E-state index contributed by atoms with van der Waals surface area (Å²) in [4.78, 5) is 29.8. The number of carbonyl (C=O) groups excluding carboxylic acids is 2. The molecule has 1 aromatic heterocycles. The summed E-state index contributed by atoms with van der Waals surface area (Å²) < 4.78 is 19.9. The fourth-order valence-corrected chi connectivity index (χ4v) is 4.63. The maximum Gasteiger partial charge on any atom is 0.289 e. The first-order chi connectivity index (χ1) is 14.2. The number of Topliss-reactive ketones (excluding diaryl/α,β-unsaturated/α-hetero) is 1. The zero-order valence-electron chi connectivity index (χ0n) is 18.0. The number of hydrogen-bond acceptors (Lipinski definition) is 4. The summed E-state index contributed by atoms with van der Waals surface area (Å²) in [6, 6.07) is 6.82. The lowest BCUT2D eigenvalue weighted by Crippen LogP contribution is -2.35. The molecule has 1 fully saturated rings. The van der Waals surface area contributed by atoms with Gasteiger partial charge < -0.3 is 9.32 Å². The van der Waals surface area contributed by atoms with E-state index in [1.54, 1.807) is 17.0 Å². The summed E-state index contributed by atoms with van der Waals surface area (Å²) in [6.45, 7) is 9.09. The number of halogens is 1. The van der Waals surface area contributed by atoms with Gasteiger partial charge in [-0.05, 0) is 24.8 Å². The van der Waals surface area contributed by atoms with Crippen molar-refractivity contribution in [1.82, 2.24) is 9.80 Å². The van der Waals surface area contributed by atoms with Crippen LogP contribution in [0.1, 0.15) is 64.5 Å². The number of rotatable bonds is 3. The highest BCUT2D eigenvalue weighted by atomic mass is 19.1. The molecule has 160 valence electrons. The van der Waals surface area contributed by atoms with E-state index in [2.05, 4.69) is 4.90 Å². The number of benzene rings is 1. The van der Waals surface area contributed by atoms with Crippen LogP contribution in [0.4, 0.5) is 4.39 Å². The molecular weight excluding hydrogens is 383 g/mol. The first kappa shape index (κ1) is 20.8. The Kier molecular flexibility index (Phi) is 5.53. The second-order valence-electron chi connectivity index (χ2n) is 9.31. The van der Waals surface area contributed by atoms with Crippen molar-refractivity contribution in [2.75, 3.05) is 26.2 Å². The molecule has 0 atom stereocenters. The third-order valence-electron chi connectivity index (χ3n) is 6.20. The number of amides is 1. The van der Waals surface area contributed by atoms with Gasteiger partial charge in [0.05, 0.1) is 5.56 Å². The summed E-state index contributed by atoms with van der Waals surface area (Å²) >= 11 is 0. The molecule has 0 N–H and O–H groups in total.